The van der Waals surface area contributed by atoms with Crippen LogP contribution in [0.2, 0.25) is 0 Å². The molecule has 1 saturated carbocycles. The Hall–Kier alpha value is -3.19. The SMILES string of the molecule is COCc1nc(C2CC2)nc(N2CCN(C(=O)c3ccco3)CC2)c1Cc1cccc(C)c1. The fourth-order valence-electron chi connectivity index (χ4n) is 4.46. The fraction of sp³-hybridized carbons (Fsp3) is 0.423. The van der Waals surface area contributed by atoms with Crippen molar-refractivity contribution >= 4 is 11.7 Å². The van der Waals surface area contributed by atoms with Crippen LogP contribution in [0, 0.1) is 6.92 Å². The van der Waals surface area contributed by atoms with E-state index in [1.54, 1.807) is 25.5 Å². The highest BCUT2D eigenvalue weighted by Gasteiger charge is 2.31. The third-order valence-corrected chi connectivity index (χ3v) is 6.37. The maximum Gasteiger partial charge on any atom is 0.289 e. The highest BCUT2D eigenvalue weighted by atomic mass is 16.5. The fourth-order valence-corrected chi connectivity index (χ4v) is 4.46. The third-order valence-electron chi connectivity index (χ3n) is 6.37. The zero-order chi connectivity index (χ0) is 22.8. The molecule has 1 saturated heterocycles. The first-order chi connectivity index (χ1) is 16.1. The zero-order valence-electron chi connectivity index (χ0n) is 19.3. The Labute approximate surface area is 194 Å². The van der Waals surface area contributed by atoms with Gasteiger partial charge >= 0.3 is 0 Å². The van der Waals surface area contributed by atoms with Gasteiger partial charge in [-0.1, -0.05) is 29.8 Å². The van der Waals surface area contributed by atoms with Crippen LogP contribution in [0.5, 0.6) is 0 Å². The molecule has 5 rings (SSSR count). The average molecular weight is 447 g/mol. The number of piperazine rings is 1. The molecule has 33 heavy (non-hydrogen) atoms. The van der Waals surface area contributed by atoms with Crippen LogP contribution < -0.4 is 4.90 Å². The Morgan fingerprint density at radius 2 is 1.94 bits per heavy atom. The number of benzene rings is 1. The summed E-state index contributed by atoms with van der Waals surface area (Å²) in [5.74, 6) is 2.71. The Morgan fingerprint density at radius 1 is 1.12 bits per heavy atom. The number of ether oxygens (including phenoxy) is 1. The van der Waals surface area contributed by atoms with Crippen LogP contribution in [-0.4, -0.2) is 54.1 Å². The van der Waals surface area contributed by atoms with Gasteiger partial charge in [0, 0.05) is 51.2 Å². The molecule has 2 fully saturated rings. The molecular formula is C26H30N4O3. The summed E-state index contributed by atoms with van der Waals surface area (Å²) in [6.45, 7) is 5.29. The lowest BCUT2D eigenvalue weighted by Crippen LogP contribution is -2.49. The van der Waals surface area contributed by atoms with Crippen LogP contribution in [0.3, 0.4) is 0 Å². The minimum atomic E-state index is -0.0546. The molecule has 1 aliphatic carbocycles. The Kier molecular flexibility index (Phi) is 6.13. The molecule has 7 nitrogen and oxygen atoms in total. The Balaban J connectivity index is 1.44. The lowest BCUT2D eigenvalue weighted by Gasteiger charge is -2.36. The lowest BCUT2D eigenvalue weighted by molar-refractivity contribution is 0.0714. The molecule has 0 N–H and O–H groups in total. The molecule has 2 aromatic heterocycles. The molecule has 2 aliphatic rings. The summed E-state index contributed by atoms with van der Waals surface area (Å²) in [5, 5.41) is 0. The molecule has 1 aliphatic heterocycles. The Bertz CT molecular complexity index is 1120. The number of carbonyl (C=O) groups is 1. The summed E-state index contributed by atoms with van der Waals surface area (Å²) in [6, 6.07) is 12.1. The number of aromatic nitrogens is 2. The minimum Gasteiger partial charge on any atom is -0.459 e. The smallest absolute Gasteiger partial charge is 0.289 e. The van der Waals surface area contributed by atoms with Crippen molar-refractivity contribution in [1.29, 1.82) is 0 Å². The predicted octanol–water partition coefficient (Wildman–Crippen LogP) is 3.96. The maximum atomic E-state index is 12.7. The first-order valence-electron chi connectivity index (χ1n) is 11.6. The first-order valence-corrected chi connectivity index (χ1v) is 11.6. The van der Waals surface area contributed by atoms with Gasteiger partial charge in [-0.3, -0.25) is 4.79 Å². The van der Waals surface area contributed by atoms with E-state index in [0.717, 1.165) is 55.3 Å². The van der Waals surface area contributed by atoms with Gasteiger partial charge < -0.3 is 19.0 Å². The molecule has 1 amide bonds. The molecule has 0 unspecified atom stereocenters. The molecule has 0 spiro atoms. The number of hydrogen-bond acceptors (Lipinski definition) is 6. The average Bonchev–Trinajstić information content (AvgIpc) is 3.53. The standard InChI is InChI=1S/C26H30N4O3/c1-18-5-3-6-19(15-18)16-21-22(17-32-2)27-24(20-8-9-20)28-25(21)29-10-12-30(13-11-29)26(31)23-7-4-14-33-23/h3-7,14-15,20H,8-13,16-17H2,1-2H3. The lowest BCUT2D eigenvalue weighted by atomic mass is 10.0. The highest BCUT2D eigenvalue weighted by Crippen LogP contribution is 2.40. The largest absolute Gasteiger partial charge is 0.459 e. The zero-order valence-corrected chi connectivity index (χ0v) is 19.3. The van der Waals surface area contributed by atoms with E-state index in [1.165, 1.54) is 11.1 Å². The number of furan rings is 1. The molecule has 0 bridgehead atoms. The van der Waals surface area contributed by atoms with E-state index in [1.807, 2.05) is 4.90 Å². The van der Waals surface area contributed by atoms with Gasteiger partial charge in [-0.15, -0.1) is 0 Å². The summed E-state index contributed by atoms with van der Waals surface area (Å²) >= 11 is 0. The van der Waals surface area contributed by atoms with Crippen molar-refractivity contribution in [2.45, 2.75) is 38.7 Å². The van der Waals surface area contributed by atoms with Crippen LogP contribution in [0.25, 0.3) is 0 Å². The van der Waals surface area contributed by atoms with Crippen LogP contribution in [0.1, 0.15) is 57.5 Å². The van der Waals surface area contributed by atoms with Gasteiger partial charge in [0.05, 0.1) is 18.6 Å². The molecule has 3 heterocycles. The van der Waals surface area contributed by atoms with E-state index in [2.05, 4.69) is 36.1 Å². The number of anilines is 1. The minimum absolute atomic E-state index is 0.0546. The van der Waals surface area contributed by atoms with Gasteiger partial charge in [-0.2, -0.15) is 0 Å². The first kappa shape index (κ1) is 21.6. The second-order valence-electron chi connectivity index (χ2n) is 8.96. The van der Waals surface area contributed by atoms with Crippen LogP contribution >= 0.6 is 0 Å². The maximum absolute atomic E-state index is 12.7. The molecule has 0 radical (unpaired) electrons. The third kappa shape index (κ3) is 4.78. The summed E-state index contributed by atoms with van der Waals surface area (Å²) < 4.78 is 10.9. The number of rotatable bonds is 7. The number of methoxy groups -OCH3 is 1. The van der Waals surface area contributed by atoms with Crippen molar-refractivity contribution in [3.8, 4) is 0 Å². The van der Waals surface area contributed by atoms with Gasteiger partial charge in [0.15, 0.2) is 5.76 Å². The number of aryl methyl sites for hydroxylation is 1. The van der Waals surface area contributed by atoms with Crippen molar-refractivity contribution in [3.05, 3.63) is 76.6 Å². The topological polar surface area (TPSA) is 71.7 Å². The Morgan fingerprint density at radius 3 is 2.61 bits per heavy atom. The molecule has 1 aromatic carbocycles. The molecule has 3 aromatic rings. The van der Waals surface area contributed by atoms with Crippen molar-refractivity contribution in [3.63, 3.8) is 0 Å². The van der Waals surface area contributed by atoms with Crippen LogP contribution in [0.4, 0.5) is 5.82 Å². The highest BCUT2D eigenvalue weighted by molar-refractivity contribution is 5.91. The van der Waals surface area contributed by atoms with E-state index in [9.17, 15) is 4.79 Å². The van der Waals surface area contributed by atoms with Crippen molar-refractivity contribution < 1.29 is 13.9 Å². The van der Waals surface area contributed by atoms with E-state index < -0.39 is 0 Å². The molecule has 0 atom stereocenters. The van der Waals surface area contributed by atoms with Crippen LogP contribution in [-0.2, 0) is 17.8 Å². The quantitative estimate of drug-likeness (QED) is 0.547. The number of nitrogens with zero attached hydrogens (tertiary/aromatic N) is 4. The predicted molar refractivity (Wildman–Crippen MR) is 126 cm³/mol. The normalized spacial score (nSPS) is 16.3. The summed E-state index contributed by atoms with van der Waals surface area (Å²) in [6.07, 6.45) is 4.59. The second-order valence-corrected chi connectivity index (χ2v) is 8.96. The number of amides is 1. The van der Waals surface area contributed by atoms with Crippen LogP contribution in [0.15, 0.2) is 47.1 Å². The molecule has 172 valence electrons. The van der Waals surface area contributed by atoms with Crippen molar-refractivity contribution in [1.82, 2.24) is 14.9 Å². The van der Waals surface area contributed by atoms with Crippen molar-refractivity contribution in [2.75, 3.05) is 38.2 Å². The number of carbonyl (C=O) groups excluding carboxylic acids is 1. The van der Waals surface area contributed by atoms with Gasteiger partial charge in [0.25, 0.3) is 5.91 Å². The van der Waals surface area contributed by atoms with E-state index in [0.29, 0.717) is 31.4 Å². The van der Waals surface area contributed by atoms with E-state index in [4.69, 9.17) is 19.1 Å². The molecule has 7 heteroatoms. The second kappa shape index (κ2) is 9.35. The number of hydrogen-bond donors (Lipinski definition) is 0. The summed E-state index contributed by atoms with van der Waals surface area (Å²) in [5.41, 5.74) is 4.57. The van der Waals surface area contributed by atoms with Gasteiger partial charge in [-0.05, 0) is 37.5 Å². The summed E-state index contributed by atoms with van der Waals surface area (Å²) in [7, 11) is 1.72. The van der Waals surface area contributed by atoms with Gasteiger partial charge in [0.2, 0.25) is 0 Å². The van der Waals surface area contributed by atoms with Gasteiger partial charge in [-0.25, -0.2) is 9.97 Å². The van der Waals surface area contributed by atoms with Gasteiger partial charge in [0.1, 0.15) is 11.6 Å². The monoisotopic (exact) mass is 446 g/mol. The van der Waals surface area contributed by atoms with E-state index >= 15 is 0 Å². The van der Waals surface area contributed by atoms with Crippen molar-refractivity contribution in [2.24, 2.45) is 0 Å². The van der Waals surface area contributed by atoms with E-state index in [-0.39, 0.29) is 5.91 Å². The summed E-state index contributed by atoms with van der Waals surface area (Å²) in [4.78, 5) is 26.9. The molecular weight excluding hydrogens is 416 g/mol.